The van der Waals surface area contributed by atoms with E-state index in [9.17, 15) is 4.79 Å². The summed E-state index contributed by atoms with van der Waals surface area (Å²) in [5.41, 5.74) is 6.35. The molecule has 94 valence electrons. The van der Waals surface area contributed by atoms with Gasteiger partial charge in [0.2, 0.25) is 5.91 Å². The molecule has 0 unspecified atom stereocenters. The fraction of sp³-hybridized carbons (Fsp3) is 0.545. The van der Waals surface area contributed by atoms with Crippen molar-refractivity contribution >= 4 is 23.1 Å². The van der Waals surface area contributed by atoms with E-state index in [2.05, 4.69) is 5.10 Å². The smallest absolute Gasteiger partial charge is 0.224 e. The van der Waals surface area contributed by atoms with Gasteiger partial charge in [0, 0.05) is 39.2 Å². The average Bonchev–Trinajstić information content (AvgIpc) is 2.68. The number of amides is 1. The highest BCUT2D eigenvalue weighted by molar-refractivity contribution is 7.80. The third-order valence-corrected chi connectivity index (χ3v) is 2.65. The third-order valence-electron chi connectivity index (χ3n) is 2.45. The molecule has 5 nitrogen and oxygen atoms in total. The van der Waals surface area contributed by atoms with Crippen LogP contribution in [-0.2, 0) is 11.3 Å². The Morgan fingerprint density at radius 3 is 2.82 bits per heavy atom. The van der Waals surface area contributed by atoms with Gasteiger partial charge in [0.05, 0.1) is 10.7 Å². The Bertz CT molecular complexity index is 402. The van der Waals surface area contributed by atoms with Gasteiger partial charge in [0.25, 0.3) is 0 Å². The molecular weight excluding hydrogens is 236 g/mol. The molecule has 0 aliphatic carbocycles. The predicted octanol–water partition coefficient (Wildman–Crippen LogP) is 0.716. The van der Waals surface area contributed by atoms with Crippen molar-refractivity contribution in [3.63, 3.8) is 0 Å². The fourth-order valence-electron chi connectivity index (χ4n) is 1.39. The molecule has 1 aromatic rings. The van der Waals surface area contributed by atoms with E-state index in [1.54, 1.807) is 16.6 Å². The Kier molecular flexibility index (Phi) is 5.09. The van der Waals surface area contributed by atoms with Gasteiger partial charge < -0.3 is 10.6 Å². The maximum absolute atomic E-state index is 11.7. The second kappa shape index (κ2) is 6.34. The molecule has 2 N–H and O–H groups in total. The molecule has 0 aliphatic rings. The monoisotopic (exact) mass is 254 g/mol. The first-order chi connectivity index (χ1) is 7.99. The molecule has 0 saturated carbocycles. The number of carbonyl (C=O) groups excluding carboxylic acids is 1. The van der Waals surface area contributed by atoms with E-state index >= 15 is 0 Å². The van der Waals surface area contributed by atoms with Crippen molar-refractivity contribution in [2.75, 3.05) is 13.6 Å². The van der Waals surface area contributed by atoms with E-state index in [1.165, 1.54) is 0 Å². The highest BCUT2D eigenvalue weighted by atomic mass is 32.1. The topological polar surface area (TPSA) is 64.2 Å². The summed E-state index contributed by atoms with van der Waals surface area (Å²) >= 11 is 4.77. The highest BCUT2D eigenvalue weighted by Crippen LogP contribution is 1.98. The highest BCUT2D eigenvalue weighted by Gasteiger charge is 2.09. The largest absolute Gasteiger partial charge is 0.393 e. The summed E-state index contributed by atoms with van der Waals surface area (Å²) in [4.78, 5) is 13.8. The maximum atomic E-state index is 11.7. The second-order valence-corrected chi connectivity index (χ2v) is 4.53. The van der Waals surface area contributed by atoms with Crippen molar-refractivity contribution in [3.8, 4) is 0 Å². The molecule has 0 spiro atoms. The summed E-state index contributed by atoms with van der Waals surface area (Å²) in [7, 11) is 1.76. The Balaban J connectivity index is 2.31. The van der Waals surface area contributed by atoms with E-state index < -0.39 is 0 Å². The van der Waals surface area contributed by atoms with Crippen molar-refractivity contribution in [1.82, 2.24) is 14.7 Å². The summed E-state index contributed by atoms with van der Waals surface area (Å²) in [6.07, 6.45) is 2.88. The van der Waals surface area contributed by atoms with Gasteiger partial charge in [-0.3, -0.25) is 9.48 Å². The zero-order chi connectivity index (χ0) is 12.8. The number of nitrogens with zero attached hydrogens (tertiary/aromatic N) is 3. The lowest BCUT2D eigenvalue weighted by Crippen LogP contribution is -2.30. The molecule has 1 rings (SSSR count). The summed E-state index contributed by atoms with van der Waals surface area (Å²) in [6, 6.07) is 1.92. The van der Waals surface area contributed by atoms with Gasteiger partial charge in [-0.1, -0.05) is 12.2 Å². The molecule has 17 heavy (non-hydrogen) atoms. The van der Waals surface area contributed by atoms with Crippen LogP contribution in [0.5, 0.6) is 0 Å². The number of thiocarbonyl (C=S) groups is 1. The van der Waals surface area contributed by atoms with Crippen LogP contribution in [0, 0.1) is 6.92 Å². The first-order valence-corrected chi connectivity index (χ1v) is 5.92. The lowest BCUT2D eigenvalue weighted by Gasteiger charge is -2.16. The zero-order valence-corrected chi connectivity index (χ0v) is 11.0. The van der Waals surface area contributed by atoms with Gasteiger partial charge in [-0.05, 0) is 13.0 Å². The minimum absolute atomic E-state index is 0.0782. The van der Waals surface area contributed by atoms with Crippen molar-refractivity contribution < 1.29 is 4.79 Å². The number of aromatic nitrogens is 2. The van der Waals surface area contributed by atoms with Crippen molar-refractivity contribution in [2.24, 2.45) is 5.73 Å². The van der Waals surface area contributed by atoms with E-state index in [4.69, 9.17) is 18.0 Å². The minimum atomic E-state index is 0.0782. The van der Waals surface area contributed by atoms with Crippen LogP contribution in [0.1, 0.15) is 18.5 Å². The Hall–Kier alpha value is -1.43. The Morgan fingerprint density at radius 1 is 1.59 bits per heavy atom. The molecule has 0 aromatic carbocycles. The number of carbonyl (C=O) groups is 1. The van der Waals surface area contributed by atoms with E-state index in [0.29, 0.717) is 30.9 Å². The molecule has 1 heterocycles. The van der Waals surface area contributed by atoms with Crippen LogP contribution in [0.2, 0.25) is 0 Å². The van der Waals surface area contributed by atoms with Crippen LogP contribution in [0.3, 0.4) is 0 Å². The molecule has 1 aromatic heterocycles. The molecule has 0 bridgehead atoms. The molecule has 6 heteroatoms. The van der Waals surface area contributed by atoms with Gasteiger partial charge in [0.15, 0.2) is 0 Å². The van der Waals surface area contributed by atoms with Gasteiger partial charge in [-0.15, -0.1) is 0 Å². The number of rotatable bonds is 6. The van der Waals surface area contributed by atoms with Gasteiger partial charge in [-0.25, -0.2) is 0 Å². The first kappa shape index (κ1) is 13.6. The third kappa shape index (κ3) is 4.95. The van der Waals surface area contributed by atoms with Crippen molar-refractivity contribution in [3.05, 3.63) is 18.0 Å². The van der Waals surface area contributed by atoms with E-state index in [1.807, 2.05) is 19.2 Å². The molecule has 0 aliphatic heterocycles. The number of nitrogens with two attached hydrogens (primary N) is 1. The Labute approximate surface area is 107 Å². The van der Waals surface area contributed by atoms with Gasteiger partial charge in [0.1, 0.15) is 0 Å². The minimum Gasteiger partial charge on any atom is -0.393 e. The normalized spacial score (nSPS) is 10.2. The quantitative estimate of drug-likeness (QED) is 0.760. The number of hydrogen-bond acceptors (Lipinski definition) is 3. The first-order valence-electron chi connectivity index (χ1n) is 5.51. The molecule has 1 amide bonds. The maximum Gasteiger partial charge on any atom is 0.224 e. The standard InChI is InChI=1S/C11H18N4OS/c1-9-3-7-15(13-9)8-5-11(16)14(2)6-4-10(12)17/h3,7H,4-6,8H2,1-2H3,(H2,12,17). The molecule has 0 saturated heterocycles. The van der Waals surface area contributed by atoms with Crippen LogP contribution < -0.4 is 5.73 Å². The average molecular weight is 254 g/mol. The summed E-state index contributed by atoms with van der Waals surface area (Å²) in [6.45, 7) is 3.10. The van der Waals surface area contributed by atoms with Crippen LogP contribution >= 0.6 is 12.2 Å². The van der Waals surface area contributed by atoms with Gasteiger partial charge >= 0.3 is 0 Å². The fourth-order valence-corrected chi connectivity index (χ4v) is 1.48. The van der Waals surface area contributed by atoms with Gasteiger partial charge in [-0.2, -0.15) is 5.10 Å². The van der Waals surface area contributed by atoms with E-state index in [-0.39, 0.29) is 5.91 Å². The van der Waals surface area contributed by atoms with Crippen molar-refractivity contribution in [2.45, 2.75) is 26.3 Å². The van der Waals surface area contributed by atoms with Crippen LogP contribution in [0.25, 0.3) is 0 Å². The number of aryl methyl sites for hydroxylation is 2. The molecule has 0 radical (unpaired) electrons. The van der Waals surface area contributed by atoms with E-state index in [0.717, 1.165) is 5.69 Å². The second-order valence-electron chi connectivity index (χ2n) is 4.00. The summed E-state index contributed by atoms with van der Waals surface area (Å²) in [5, 5.41) is 4.22. The lowest BCUT2D eigenvalue weighted by molar-refractivity contribution is -0.130. The molecule has 0 fully saturated rings. The summed E-state index contributed by atoms with van der Waals surface area (Å²) < 4.78 is 1.77. The van der Waals surface area contributed by atoms with Crippen molar-refractivity contribution in [1.29, 1.82) is 0 Å². The Morgan fingerprint density at radius 2 is 2.29 bits per heavy atom. The van der Waals surface area contributed by atoms with Crippen LogP contribution in [0.4, 0.5) is 0 Å². The zero-order valence-electron chi connectivity index (χ0n) is 10.2. The summed E-state index contributed by atoms with van der Waals surface area (Å²) in [5.74, 6) is 0.0782. The van der Waals surface area contributed by atoms with Crippen LogP contribution in [0.15, 0.2) is 12.3 Å². The van der Waals surface area contributed by atoms with Crippen LogP contribution in [-0.4, -0.2) is 39.2 Å². The SMILES string of the molecule is Cc1ccn(CCC(=O)N(C)CCC(N)=S)n1. The predicted molar refractivity (Wildman–Crippen MR) is 70.6 cm³/mol. The molecule has 0 atom stereocenters. The molecular formula is C11H18N4OS. The number of hydrogen-bond donors (Lipinski definition) is 1. The lowest BCUT2D eigenvalue weighted by atomic mass is 10.3.